The quantitative estimate of drug-likeness (QED) is 0.846. The van der Waals surface area contributed by atoms with Crippen LogP contribution in [0, 0.1) is 6.20 Å². The second-order valence-corrected chi connectivity index (χ2v) is 6.47. The molecule has 4 nitrogen and oxygen atoms in total. The van der Waals surface area contributed by atoms with Crippen molar-refractivity contribution >= 4 is 0 Å². The van der Waals surface area contributed by atoms with E-state index in [1.807, 2.05) is 44.4 Å². The van der Waals surface area contributed by atoms with Crippen LogP contribution in [0.4, 0.5) is 0 Å². The molecule has 4 heteroatoms. The topological polar surface area (TPSA) is 30.3 Å². The Morgan fingerprint density at radius 2 is 2.05 bits per heavy atom. The highest BCUT2D eigenvalue weighted by Crippen LogP contribution is 2.22. The molecule has 113 valence electrons. The summed E-state index contributed by atoms with van der Waals surface area (Å²) in [6, 6.07) is 9.89. The molecule has 0 saturated heterocycles. The van der Waals surface area contributed by atoms with Crippen LogP contribution >= 0.6 is 0 Å². The summed E-state index contributed by atoms with van der Waals surface area (Å²) in [6.07, 6.45) is 3.17. The first-order chi connectivity index (χ1) is 9.86. The lowest BCUT2D eigenvalue weighted by molar-refractivity contribution is 0.261. The van der Waals surface area contributed by atoms with Crippen molar-refractivity contribution in [3.05, 3.63) is 42.2 Å². The minimum absolute atomic E-state index is 0.0293. The maximum atomic E-state index is 5.76. The number of hydrogen-bond acceptors (Lipinski definition) is 3. The van der Waals surface area contributed by atoms with E-state index in [4.69, 9.17) is 4.74 Å². The van der Waals surface area contributed by atoms with Gasteiger partial charge in [-0.2, -0.15) is 5.10 Å². The van der Waals surface area contributed by atoms with E-state index in [2.05, 4.69) is 37.0 Å². The Hall–Kier alpha value is -1.81. The molecule has 1 aromatic carbocycles. The minimum Gasteiger partial charge on any atom is -0.492 e. The molecule has 0 aliphatic carbocycles. The summed E-state index contributed by atoms with van der Waals surface area (Å²) in [5, 5.41) is 4.60. The summed E-state index contributed by atoms with van der Waals surface area (Å²) in [6.45, 7) is 8.01. The lowest BCUT2D eigenvalue weighted by atomic mass is 9.93. The van der Waals surface area contributed by atoms with Gasteiger partial charge in [0.2, 0.25) is 0 Å². The number of hydrogen-bond donors (Lipinski definition) is 0. The molecule has 0 saturated carbocycles. The first kappa shape index (κ1) is 15.6. The highest BCUT2D eigenvalue weighted by Gasteiger charge is 2.17. The van der Waals surface area contributed by atoms with Gasteiger partial charge in [-0.1, -0.05) is 26.8 Å². The molecule has 0 atom stereocenters. The predicted octanol–water partition coefficient (Wildman–Crippen LogP) is 2.91. The highest BCUT2D eigenvalue weighted by atomic mass is 16.5. The lowest BCUT2D eigenvalue weighted by Crippen LogP contribution is -2.19. The van der Waals surface area contributed by atoms with Crippen molar-refractivity contribution in [2.45, 2.75) is 26.2 Å². The zero-order valence-corrected chi connectivity index (χ0v) is 13.6. The molecular weight excluding hydrogens is 262 g/mol. The van der Waals surface area contributed by atoms with Crippen molar-refractivity contribution in [2.75, 3.05) is 27.2 Å². The van der Waals surface area contributed by atoms with Gasteiger partial charge in [0.05, 0.1) is 17.6 Å². The Labute approximate surface area is 127 Å². The third kappa shape index (κ3) is 4.33. The summed E-state index contributed by atoms with van der Waals surface area (Å²) >= 11 is 0. The second kappa shape index (κ2) is 6.31. The Bertz CT molecular complexity index is 582. The average Bonchev–Trinajstić information content (AvgIpc) is 2.88. The van der Waals surface area contributed by atoms with Gasteiger partial charge in [-0.25, -0.2) is 4.68 Å². The summed E-state index contributed by atoms with van der Waals surface area (Å²) in [4.78, 5) is 2.10. The largest absolute Gasteiger partial charge is 0.492 e. The van der Waals surface area contributed by atoms with Gasteiger partial charge in [0.1, 0.15) is 12.4 Å². The third-order valence-electron chi connectivity index (χ3n) is 3.17. The first-order valence-electron chi connectivity index (χ1n) is 7.22. The number of ether oxygens (including phenoxy) is 1. The van der Waals surface area contributed by atoms with Crippen LogP contribution < -0.4 is 4.74 Å². The van der Waals surface area contributed by atoms with Gasteiger partial charge < -0.3 is 9.64 Å². The van der Waals surface area contributed by atoms with Crippen LogP contribution in [-0.2, 0) is 5.41 Å². The Kier molecular flexibility index (Phi) is 4.68. The van der Waals surface area contributed by atoms with E-state index >= 15 is 0 Å². The smallest absolute Gasteiger partial charge is 0.121 e. The van der Waals surface area contributed by atoms with Crippen molar-refractivity contribution in [1.82, 2.24) is 14.7 Å². The third-order valence-corrected chi connectivity index (χ3v) is 3.17. The van der Waals surface area contributed by atoms with E-state index in [1.54, 1.807) is 4.68 Å². The fourth-order valence-corrected chi connectivity index (χ4v) is 1.84. The van der Waals surface area contributed by atoms with Crippen LogP contribution in [0.5, 0.6) is 5.75 Å². The molecule has 0 spiro atoms. The van der Waals surface area contributed by atoms with Gasteiger partial charge in [-0.05, 0) is 32.3 Å². The number of benzene rings is 1. The Morgan fingerprint density at radius 1 is 1.29 bits per heavy atom. The zero-order valence-electron chi connectivity index (χ0n) is 13.6. The summed E-state index contributed by atoms with van der Waals surface area (Å²) in [5.41, 5.74) is 2.02. The molecule has 2 rings (SSSR count). The standard InChI is InChI=1S/C17H24N3O/c1-17(2,3)16-9-10-20(18-16)14-7-6-8-15(13-14)21-12-11-19(4)5/h6-9,13H,11-12H2,1-5H3. The van der Waals surface area contributed by atoms with E-state index < -0.39 is 0 Å². The van der Waals surface area contributed by atoms with Crippen molar-refractivity contribution in [3.63, 3.8) is 0 Å². The highest BCUT2D eigenvalue weighted by molar-refractivity contribution is 5.38. The van der Waals surface area contributed by atoms with Crippen molar-refractivity contribution in [2.24, 2.45) is 0 Å². The van der Waals surface area contributed by atoms with Gasteiger partial charge in [0.25, 0.3) is 0 Å². The predicted molar refractivity (Wildman–Crippen MR) is 85.1 cm³/mol. The SMILES string of the molecule is CN(C)CCOc1cccc(-n2[c]cc(C(C)(C)C)n2)c1. The van der Waals surface area contributed by atoms with E-state index in [1.165, 1.54) is 0 Å². The molecular formula is C17H24N3O. The Balaban J connectivity index is 2.12. The van der Waals surface area contributed by atoms with E-state index in [0.29, 0.717) is 6.61 Å². The molecule has 1 radical (unpaired) electrons. The van der Waals surface area contributed by atoms with Crippen LogP contribution in [0.25, 0.3) is 5.69 Å². The lowest BCUT2D eigenvalue weighted by Gasteiger charge is -2.14. The van der Waals surface area contributed by atoms with Gasteiger partial charge in [-0.15, -0.1) is 0 Å². The molecule has 1 heterocycles. The summed E-state index contributed by atoms with van der Waals surface area (Å²) in [7, 11) is 4.07. The summed E-state index contributed by atoms with van der Waals surface area (Å²) < 4.78 is 7.53. The van der Waals surface area contributed by atoms with E-state index in [9.17, 15) is 0 Å². The molecule has 0 amide bonds. The number of likely N-dealkylation sites (N-methyl/N-ethyl adjacent to an activating group) is 1. The van der Waals surface area contributed by atoms with Crippen LogP contribution in [0.3, 0.4) is 0 Å². The number of nitrogens with zero attached hydrogens (tertiary/aromatic N) is 3. The second-order valence-electron chi connectivity index (χ2n) is 6.47. The van der Waals surface area contributed by atoms with Gasteiger partial charge in [0.15, 0.2) is 0 Å². The normalized spacial score (nSPS) is 11.9. The van der Waals surface area contributed by atoms with E-state index in [0.717, 1.165) is 23.7 Å². The van der Waals surface area contributed by atoms with Gasteiger partial charge in [0, 0.05) is 18.0 Å². The van der Waals surface area contributed by atoms with Crippen molar-refractivity contribution in [1.29, 1.82) is 0 Å². The molecule has 0 aliphatic rings. The minimum atomic E-state index is 0.0293. The van der Waals surface area contributed by atoms with Crippen LogP contribution in [0.1, 0.15) is 26.5 Å². The molecule has 0 bridgehead atoms. The maximum Gasteiger partial charge on any atom is 0.121 e. The fourth-order valence-electron chi connectivity index (χ4n) is 1.84. The van der Waals surface area contributed by atoms with Gasteiger partial charge in [-0.3, -0.25) is 0 Å². The maximum absolute atomic E-state index is 5.76. The molecule has 0 aliphatic heterocycles. The van der Waals surface area contributed by atoms with Crippen molar-refractivity contribution < 1.29 is 4.74 Å². The molecule has 1 aromatic heterocycles. The summed E-state index contributed by atoms with van der Waals surface area (Å²) in [5.74, 6) is 0.857. The molecule has 0 unspecified atom stereocenters. The first-order valence-corrected chi connectivity index (χ1v) is 7.22. The number of aromatic nitrogens is 2. The van der Waals surface area contributed by atoms with E-state index in [-0.39, 0.29) is 5.41 Å². The van der Waals surface area contributed by atoms with Crippen LogP contribution in [0.15, 0.2) is 30.3 Å². The molecule has 21 heavy (non-hydrogen) atoms. The van der Waals surface area contributed by atoms with Gasteiger partial charge >= 0.3 is 0 Å². The zero-order chi connectivity index (χ0) is 15.5. The molecule has 0 N–H and O–H groups in total. The molecule has 0 fully saturated rings. The monoisotopic (exact) mass is 286 g/mol. The Morgan fingerprint density at radius 3 is 2.67 bits per heavy atom. The van der Waals surface area contributed by atoms with Crippen LogP contribution in [-0.4, -0.2) is 41.9 Å². The van der Waals surface area contributed by atoms with Crippen LogP contribution in [0.2, 0.25) is 0 Å². The number of rotatable bonds is 5. The molecule has 2 aromatic rings. The average molecular weight is 286 g/mol. The van der Waals surface area contributed by atoms with Crippen molar-refractivity contribution in [3.8, 4) is 11.4 Å². The fraction of sp³-hybridized carbons (Fsp3) is 0.471.